The molecule has 1 aliphatic heterocycles. The first kappa shape index (κ1) is 23.0. The first-order valence-electron chi connectivity index (χ1n) is 12.0. The number of hydrogen-bond acceptors (Lipinski definition) is 5. The van der Waals surface area contributed by atoms with Gasteiger partial charge in [0.05, 0.1) is 17.4 Å². The second kappa shape index (κ2) is 11.1. The van der Waals surface area contributed by atoms with Gasteiger partial charge in [0.15, 0.2) is 0 Å². The fraction of sp³-hybridized carbons (Fsp3) is 0.520. The number of nitrogens with zero attached hydrogens (tertiary/aromatic N) is 5. The third kappa shape index (κ3) is 6.21. The zero-order valence-electron chi connectivity index (χ0n) is 19.4. The van der Waals surface area contributed by atoms with Gasteiger partial charge in [-0.3, -0.25) is 9.78 Å². The SMILES string of the molecule is CN(CCC1CCCCC1)c1ccc(C(=O)N2CCN(C(=O)Nc3cccnc3)CC2)cn1. The predicted octanol–water partition coefficient (Wildman–Crippen LogP) is 3.87. The molecule has 2 aromatic rings. The van der Waals surface area contributed by atoms with E-state index in [1.807, 2.05) is 12.1 Å². The van der Waals surface area contributed by atoms with E-state index in [0.717, 1.165) is 18.3 Å². The molecular formula is C25H34N6O2. The highest BCUT2D eigenvalue weighted by Gasteiger charge is 2.25. The Labute approximate surface area is 196 Å². The molecule has 2 aromatic heterocycles. The molecule has 0 aromatic carbocycles. The maximum absolute atomic E-state index is 12.9. The molecule has 3 heterocycles. The number of urea groups is 1. The van der Waals surface area contributed by atoms with E-state index in [-0.39, 0.29) is 11.9 Å². The molecule has 1 saturated carbocycles. The summed E-state index contributed by atoms with van der Waals surface area (Å²) in [6.07, 6.45) is 13.0. The summed E-state index contributed by atoms with van der Waals surface area (Å²) in [4.78, 5) is 39.6. The molecule has 0 bridgehead atoms. The first-order chi connectivity index (χ1) is 16.1. The van der Waals surface area contributed by atoms with Gasteiger partial charge < -0.3 is 20.0 Å². The summed E-state index contributed by atoms with van der Waals surface area (Å²) < 4.78 is 0. The molecule has 2 fully saturated rings. The Balaban J connectivity index is 1.24. The molecule has 0 spiro atoms. The molecule has 0 atom stereocenters. The van der Waals surface area contributed by atoms with Gasteiger partial charge in [-0.25, -0.2) is 9.78 Å². The molecule has 0 unspecified atom stereocenters. The monoisotopic (exact) mass is 450 g/mol. The Morgan fingerprint density at radius 1 is 1.03 bits per heavy atom. The van der Waals surface area contributed by atoms with Crippen LogP contribution in [0.15, 0.2) is 42.9 Å². The van der Waals surface area contributed by atoms with Crippen LogP contribution in [0, 0.1) is 5.92 Å². The van der Waals surface area contributed by atoms with E-state index in [9.17, 15) is 9.59 Å². The quantitative estimate of drug-likeness (QED) is 0.722. The van der Waals surface area contributed by atoms with Gasteiger partial charge >= 0.3 is 6.03 Å². The van der Waals surface area contributed by atoms with E-state index in [0.29, 0.717) is 37.4 Å². The number of amides is 3. The van der Waals surface area contributed by atoms with Crippen molar-refractivity contribution in [1.29, 1.82) is 0 Å². The summed E-state index contributed by atoms with van der Waals surface area (Å²) in [7, 11) is 2.07. The second-order valence-electron chi connectivity index (χ2n) is 9.07. The zero-order chi connectivity index (χ0) is 23.0. The number of nitrogens with one attached hydrogen (secondary N) is 1. The predicted molar refractivity (Wildman–Crippen MR) is 129 cm³/mol. The fourth-order valence-corrected chi connectivity index (χ4v) is 4.64. The second-order valence-corrected chi connectivity index (χ2v) is 9.07. The van der Waals surface area contributed by atoms with Crippen molar-refractivity contribution in [2.75, 3.05) is 50.0 Å². The summed E-state index contributed by atoms with van der Waals surface area (Å²) in [5, 5.41) is 2.84. The zero-order valence-corrected chi connectivity index (χ0v) is 19.4. The fourth-order valence-electron chi connectivity index (χ4n) is 4.64. The minimum atomic E-state index is -0.169. The van der Waals surface area contributed by atoms with E-state index < -0.39 is 0 Å². The Hall–Kier alpha value is -3.16. The average Bonchev–Trinajstić information content (AvgIpc) is 2.88. The summed E-state index contributed by atoms with van der Waals surface area (Å²) >= 11 is 0. The molecule has 0 radical (unpaired) electrons. The lowest BCUT2D eigenvalue weighted by molar-refractivity contribution is 0.0671. The third-order valence-corrected chi connectivity index (χ3v) is 6.75. The van der Waals surface area contributed by atoms with Crippen LogP contribution in [0.2, 0.25) is 0 Å². The van der Waals surface area contributed by atoms with Crippen LogP contribution in [0.5, 0.6) is 0 Å². The molecule has 3 amide bonds. The normalized spacial score (nSPS) is 17.0. The highest BCUT2D eigenvalue weighted by atomic mass is 16.2. The maximum atomic E-state index is 12.9. The Bertz CT molecular complexity index is 906. The third-order valence-electron chi connectivity index (χ3n) is 6.75. The number of carbonyl (C=O) groups excluding carboxylic acids is 2. The van der Waals surface area contributed by atoms with E-state index in [4.69, 9.17) is 0 Å². The van der Waals surface area contributed by atoms with Crippen molar-refractivity contribution in [2.24, 2.45) is 5.92 Å². The van der Waals surface area contributed by atoms with Crippen molar-refractivity contribution in [3.8, 4) is 0 Å². The van der Waals surface area contributed by atoms with Crippen LogP contribution in [-0.2, 0) is 0 Å². The molecule has 1 N–H and O–H groups in total. The standard InChI is InChI=1S/C25H34N6O2/c1-29(13-11-20-6-3-2-4-7-20)23-10-9-21(18-27-23)24(32)30-14-16-31(17-15-30)25(33)28-22-8-5-12-26-19-22/h5,8-10,12,18-20H,2-4,6-7,11,13-17H2,1H3,(H,28,33). The summed E-state index contributed by atoms with van der Waals surface area (Å²) in [6.45, 7) is 2.99. The van der Waals surface area contributed by atoms with Crippen molar-refractivity contribution in [3.63, 3.8) is 0 Å². The molecule has 2 aliphatic rings. The number of aromatic nitrogens is 2. The summed E-state index contributed by atoms with van der Waals surface area (Å²) in [6, 6.07) is 7.21. The lowest BCUT2D eigenvalue weighted by Crippen LogP contribution is -2.51. The lowest BCUT2D eigenvalue weighted by Gasteiger charge is -2.34. The van der Waals surface area contributed by atoms with Crippen LogP contribution >= 0.6 is 0 Å². The van der Waals surface area contributed by atoms with Gasteiger partial charge in [0.25, 0.3) is 5.91 Å². The molecule has 33 heavy (non-hydrogen) atoms. The minimum absolute atomic E-state index is 0.0359. The van der Waals surface area contributed by atoms with Crippen LogP contribution in [-0.4, -0.2) is 71.5 Å². The summed E-state index contributed by atoms with van der Waals surface area (Å²) in [5.74, 6) is 1.71. The topological polar surface area (TPSA) is 81.7 Å². The van der Waals surface area contributed by atoms with Gasteiger partial charge in [-0.15, -0.1) is 0 Å². The smallest absolute Gasteiger partial charge is 0.322 e. The Morgan fingerprint density at radius 3 is 2.45 bits per heavy atom. The van der Waals surface area contributed by atoms with Crippen LogP contribution in [0.3, 0.4) is 0 Å². The van der Waals surface area contributed by atoms with Crippen molar-refractivity contribution in [3.05, 3.63) is 48.4 Å². The van der Waals surface area contributed by atoms with E-state index in [1.165, 1.54) is 38.5 Å². The van der Waals surface area contributed by atoms with Gasteiger partial charge in [0, 0.05) is 52.2 Å². The maximum Gasteiger partial charge on any atom is 0.322 e. The van der Waals surface area contributed by atoms with Crippen molar-refractivity contribution in [1.82, 2.24) is 19.8 Å². The van der Waals surface area contributed by atoms with Gasteiger partial charge in [-0.2, -0.15) is 0 Å². The number of piperazine rings is 1. The molecule has 176 valence electrons. The largest absolute Gasteiger partial charge is 0.360 e. The van der Waals surface area contributed by atoms with Gasteiger partial charge in [-0.1, -0.05) is 32.1 Å². The minimum Gasteiger partial charge on any atom is -0.360 e. The Kier molecular flexibility index (Phi) is 7.75. The molecular weight excluding hydrogens is 416 g/mol. The molecule has 1 saturated heterocycles. The van der Waals surface area contributed by atoms with Gasteiger partial charge in [-0.05, 0) is 36.6 Å². The van der Waals surface area contributed by atoms with Gasteiger partial charge in [0.1, 0.15) is 5.82 Å². The molecule has 1 aliphatic carbocycles. The molecule has 8 nitrogen and oxygen atoms in total. The van der Waals surface area contributed by atoms with Crippen molar-refractivity contribution in [2.45, 2.75) is 38.5 Å². The van der Waals surface area contributed by atoms with E-state index >= 15 is 0 Å². The number of anilines is 2. The van der Waals surface area contributed by atoms with Crippen LogP contribution < -0.4 is 10.2 Å². The Morgan fingerprint density at radius 2 is 1.79 bits per heavy atom. The van der Waals surface area contributed by atoms with Crippen molar-refractivity contribution < 1.29 is 9.59 Å². The highest BCUT2D eigenvalue weighted by molar-refractivity contribution is 5.94. The highest BCUT2D eigenvalue weighted by Crippen LogP contribution is 2.26. The lowest BCUT2D eigenvalue weighted by atomic mass is 9.87. The summed E-state index contributed by atoms with van der Waals surface area (Å²) in [5.41, 5.74) is 1.25. The van der Waals surface area contributed by atoms with E-state index in [2.05, 4.69) is 27.2 Å². The number of rotatable bonds is 6. The number of pyridine rings is 2. The van der Waals surface area contributed by atoms with Gasteiger partial charge in [0.2, 0.25) is 0 Å². The average molecular weight is 451 g/mol. The first-order valence-corrected chi connectivity index (χ1v) is 12.0. The van der Waals surface area contributed by atoms with Crippen LogP contribution in [0.25, 0.3) is 0 Å². The number of hydrogen-bond donors (Lipinski definition) is 1. The molecule has 8 heteroatoms. The van der Waals surface area contributed by atoms with Crippen LogP contribution in [0.4, 0.5) is 16.3 Å². The number of carbonyl (C=O) groups is 2. The van der Waals surface area contributed by atoms with Crippen LogP contribution in [0.1, 0.15) is 48.9 Å². The molecule has 4 rings (SSSR count). The van der Waals surface area contributed by atoms with E-state index in [1.54, 1.807) is 40.5 Å². The van der Waals surface area contributed by atoms with Crippen molar-refractivity contribution >= 4 is 23.4 Å².